The molecule has 0 radical (unpaired) electrons. The van der Waals surface area contributed by atoms with E-state index in [0.29, 0.717) is 11.5 Å². The second-order valence-corrected chi connectivity index (χ2v) is 6.52. The molecule has 0 fully saturated rings. The number of hydrogen-bond donors (Lipinski definition) is 0. The number of nitrogens with zero attached hydrogens (tertiary/aromatic N) is 3. The van der Waals surface area contributed by atoms with Crippen molar-refractivity contribution in [3.05, 3.63) is 112 Å². The van der Waals surface area contributed by atoms with Gasteiger partial charge in [-0.2, -0.15) is 5.10 Å². The number of amides is 1. The molecule has 146 valence electrons. The summed E-state index contributed by atoms with van der Waals surface area (Å²) in [5, 5.41) is 4.30. The van der Waals surface area contributed by atoms with Crippen molar-refractivity contribution >= 4 is 5.91 Å². The number of rotatable bonds is 7. The third-order valence-corrected chi connectivity index (χ3v) is 4.40. The topological polar surface area (TPSA) is 81.5 Å². The Kier molecular flexibility index (Phi) is 5.38. The lowest BCUT2D eigenvalue weighted by Crippen LogP contribution is -2.33. The van der Waals surface area contributed by atoms with Crippen molar-refractivity contribution in [1.82, 2.24) is 14.7 Å². The van der Waals surface area contributed by atoms with Gasteiger partial charge in [0, 0.05) is 6.07 Å². The van der Waals surface area contributed by atoms with Crippen molar-refractivity contribution in [3.63, 3.8) is 0 Å². The summed E-state index contributed by atoms with van der Waals surface area (Å²) in [4.78, 5) is 27.0. The van der Waals surface area contributed by atoms with Gasteiger partial charge in [0.1, 0.15) is 17.2 Å². The first-order valence-electron chi connectivity index (χ1n) is 9.15. The zero-order valence-electron chi connectivity index (χ0n) is 15.6. The predicted octanol–water partition coefficient (Wildman–Crippen LogP) is 3.32. The highest BCUT2D eigenvalue weighted by Gasteiger charge is 2.21. The van der Waals surface area contributed by atoms with Crippen molar-refractivity contribution < 1.29 is 13.6 Å². The molecule has 0 aliphatic rings. The van der Waals surface area contributed by atoms with Crippen LogP contribution in [0.5, 0.6) is 0 Å². The van der Waals surface area contributed by atoms with Crippen LogP contribution >= 0.6 is 0 Å². The monoisotopic (exact) mass is 389 g/mol. The number of furan rings is 2. The lowest BCUT2D eigenvalue weighted by atomic mass is 10.2. The van der Waals surface area contributed by atoms with Gasteiger partial charge in [-0.1, -0.05) is 30.3 Å². The SMILES string of the molecule is O=C(c1ccc(=O)n(Cc2ccccc2)n1)N(Cc1ccco1)Cc1ccco1. The minimum Gasteiger partial charge on any atom is -0.467 e. The number of carbonyl (C=O) groups is 1. The Bertz CT molecular complexity index is 1080. The van der Waals surface area contributed by atoms with E-state index in [2.05, 4.69) is 5.10 Å². The number of aromatic nitrogens is 2. The van der Waals surface area contributed by atoms with Gasteiger partial charge in [-0.25, -0.2) is 4.68 Å². The maximum absolute atomic E-state index is 13.2. The molecular weight excluding hydrogens is 370 g/mol. The lowest BCUT2D eigenvalue weighted by Gasteiger charge is -2.20. The Labute approximate surface area is 166 Å². The van der Waals surface area contributed by atoms with Gasteiger partial charge in [0.2, 0.25) is 0 Å². The molecule has 0 atom stereocenters. The second-order valence-electron chi connectivity index (χ2n) is 6.52. The molecule has 7 nitrogen and oxygen atoms in total. The van der Waals surface area contributed by atoms with Crippen molar-refractivity contribution in [2.75, 3.05) is 0 Å². The molecule has 0 spiro atoms. The van der Waals surface area contributed by atoms with Gasteiger partial charge in [-0.05, 0) is 35.9 Å². The summed E-state index contributed by atoms with van der Waals surface area (Å²) in [5.41, 5.74) is 0.836. The largest absolute Gasteiger partial charge is 0.467 e. The normalized spacial score (nSPS) is 10.8. The first-order valence-corrected chi connectivity index (χ1v) is 9.15. The summed E-state index contributed by atoms with van der Waals surface area (Å²) < 4.78 is 12.1. The average molecular weight is 389 g/mol. The summed E-state index contributed by atoms with van der Waals surface area (Å²) >= 11 is 0. The fourth-order valence-corrected chi connectivity index (χ4v) is 2.98. The van der Waals surface area contributed by atoms with Crippen molar-refractivity contribution in [2.45, 2.75) is 19.6 Å². The van der Waals surface area contributed by atoms with Crippen LogP contribution in [0.3, 0.4) is 0 Å². The average Bonchev–Trinajstić information content (AvgIpc) is 3.44. The Morgan fingerprint density at radius 3 is 2.10 bits per heavy atom. The number of benzene rings is 1. The quantitative estimate of drug-likeness (QED) is 0.484. The van der Waals surface area contributed by atoms with Crippen LogP contribution in [0, 0.1) is 0 Å². The van der Waals surface area contributed by atoms with E-state index in [0.717, 1.165) is 5.56 Å². The minimum atomic E-state index is -0.320. The van der Waals surface area contributed by atoms with Gasteiger partial charge >= 0.3 is 0 Å². The number of hydrogen-bond acceptors (Lipinski definition) is 5. The highest BCUT2D eigenvalue weighted by Crippen LogP contribution is 2.14. The minimum absolute atomic E-state index is 0.179. The van der Waals surface area contributed by atoms with Gasteiger partial charge in [0.25, 0.3) is 11.5 Å². The van der Waals surface area contributed by atoms with Crippen LogP contribution in [0.25, 0.3) is 0 Å². The van der Waals surface area contributed by atoms with Crippen LogP contribution in [0.15, 0.2) is 92.9 Å². The molecule has 0 N–H and O–H groups in total. The van der Waals surface area contributed by atoms with Gasteiger partial charge < -0.3 is 13.7 Å². The highest BCUT2D eigenvalue weighted by atomic mass is 16.3. The molecule has 1 aromatic carbocycles. The zero-order valence-corrected chi connectivity index (χ0v) is 15.6. The highest BCUT2D eigenvalue weighted by molar-refractivity contribution is 5.92. The zero-order chi connectivity index (χ0) is 20.1. The molecule has 0 saturated carbocycles. The van der Waals surface area contributed by atoms with E-state index in [1.165, 1.54) is 16.8 Å². The fraction of sp³-hybridized carbons (Fsp3) is 0.136. The van der Waals surface area contributed by atoms with E-state index in [-0.39, 0.29) is 36.8 Å². The van der Waals surface area contributed by atoms with Crippen LogP contribution in [0.1, 0.15) is 27.6 Å². The molecule has 0 aliphatic heterocycles. The predicted molar refractivity (Wildman–Crippen MR) is 105 cm³/mol. The van der Waals surface area contributed by atoms with Gasteiger partial charge in [-0.3, -0.25) is 9.59 Å². The molecule has 0 aliphatic carbocycles. The Balaban J connectivity index is 1.61. The molecule has 3 aromatic heterocycles. The van der Waals surface area contributed by atoms with Crippen LogP contribution < -0.4 is 5.56 Å². The Morgan fingerprint density at radius 1 is 0.862 bits per heavy atom. The Hall–Kier alpha value is -3.87. The van der Waals surface area contributed by atoms with Crippen LogP contribution in [-0.4, -0.2) is 20.6 Å². The third kappa shape index (κ3) is 4.52. The van der Waals surface area contributed by atoms with E-state index in [9.17, 15) is 9.59 Å². The summed E-state index contributed by atoms with van der Waals surface area (Å²) in [6.45, 7) is 0.801. The first-order chi connectivity index (χ1) is 14.2. The van der Waals surface area contributed by atoms with Crippen molar-refractivity contribution in [2.24, 2.45) is 0 Å². The molecule has 0 unspecified atom stereocenters. The standard InChI is InChI=1S/C22H19N3O4/c26-21-11-10-20(23-25(21)14-17-6-2-1-3-7-17)22(27)24(15-18-8-4-12-28-18)16-19-9-5-13-29-19/h1-13H,14-16H2. The van der Waals surface area contributed by atoms with Gasteiger partial charge in [-0.15, -0.1) is 0 Å². The van der Waals surface area contributed by atoms with E-state index in [1.54, 1.807) is 41.7 Å². The van der Waals surface area contributed by atoms with Crippen molar-refractivity contribution in [3.8, 4) is 0 Å². The van der Waals surface area contributed by atoms with Crippen LogP contribution in [0.2, 0.25) is 0 Å². The van der Waals surface area contributed by atoms with Gasteiger partial charge in [0.15, 0.2) is 0 Å². The Morgan fingerprint density at radius 2 is 1.52 bits per heavy atom. The second kappa shape index (κ2) is 8.43. The smallest absolute Gasteiger partial charge is 0.275 e. The van der Waals surface area contributed by atoms with E-state index < -0.39 is 0 Å². The summed E-state index contributed by atoms with van der Waals surface area (Å²) in [6, 6.07) is 19.4. The molecule has 7 heteroatoms. The molecular formula is C22H19N3O4. The van der Waals surface area contributed by atoms with Crippen LogP contribution in [-0.2, 0) is 19.6 Å². The summed E-state index contributed by atoms with van der Waals surface area (Å²) in [6.07, 6.45) is 3.12. The summed E-state index contributed by atoms with van der Waals surface area (Å²) in [7, 11) is 0. The molecule has 4 aromatic rings. The lowest BCUT2D eigenvalue weighted by molar-refractivity contribution is 0.0696. The van der Waals surface area contributed by atoms with E-state index >= 15 is 0 Å². The molecule has 0 bridgehead atoms. The fourth-order valence-electron chi connectivity index (χ4n) is 2.98. The molecule has 4 rings (SSSR count). The molecule has 29 heavy (non-hydrogen) atoms. The summed E-state index contributed by atoms with van der Waals surface area (Å²) in [5.74, 6) is 0.963. The van der Waals surface area contributed by atoms with Crippen LogP contribution in [0.4, 0.5) is 0 Å². The molecule has 0 saturated heterocycles. The maximum atomic E-state index is 13.2. The van der Waals surface area contributed by atoms with E-state index in [1.807, 2.05) is 30.3 Å². The van der Waals surface area contributed by atoms with E-state index in [4.69, 9.17) is 8.83 Å². The van der Waals surface area contributed by atoms with Gasteiger partial charge in [0.05, 0.1) is 32.2 Å². The first kappa shape index (κ1) is 18.5. The van der Waals surface area contributed by atoms with Crippen molar-refractivity contribution in [1.29, 1.82) is 0 Å². The number of carbonyl (C=O) groups excluding carboxylic acids is 1. The molecule has 3 heterocycles. The third-order valence-electron chi connectivity index (χ3n) is 4.40. The molecule has 1 amide bonds. The maximum Gasteiger partial charge on any atom is 0.275 e.